The number of nitrogen functional groups attached to an aromatic ring is 1. The van der Waals surface area contributed by atoms with Crippen molar-refractivity contribution in [1.82, 2.24) is 0 Å². The number of rotatable bonds is 5. The fraction of sp³-hybridized carbons (Fsp3) is 0.0476. The molecule has 0 aliphatic carbocycles. The highest BCUT2D eigenvalue weighted by Gasteiger charge is 2.16. The third-order valence-corrected chi connectivity index (χ3v) is 4.96. The molecule has 0 spiro atoms. The van der Waals surface area contributed by atoms with E-state index in [1.807, 2.05) is 66.7 Å². The number of carbonyl (C=O) groups is 1. The van der Waals surface area contributed by atoms with Crippen LogP contribution in [-0.4, -0.2) is 11.7 Å². The number of pyridine rings is 1. The summed E-state index contributed by atoms with van der Waals surface area (Å²) in [6, 6.07) is 22.7. The van der Waals surface area contributed by atoms with E-state index in [0.717, 1.165) is 22.9 Å². The first-order valence-electron chi connectivity index (χ1n) is 8.35. The zero-order valence-corrected chi connectivity index (χ0v) is 15.6. The molecule has 0 unspecified atom stereocenters. The number of aromatic nitrogens is 1. The first-order valence-corrected chi connectivity index (χ1v) is 9.34. The van der Waals surface area contributed by atoms with Crippen molar-refractivity contribution in [3.8, 4) is 23.3 Å². The molecule has 0 radical (unpaired) electrons. The first kappa shape index (κ1) is 19.0. The van der Waals surface area contributed by atoms with Gasteiger partial charge in [0.2, 0.25) is 5.91 Å². The van der Waals surface area contributed by atoms with Gasteiger partial charge in [-0.05, 0) is 17.7 Å². The van der Waals surface area contributed by atoms with E-state index in [0.29, 0.717) is 10.7 Å². The molecule has 136 valence electrons. The quantitative estimate of drug-likeness (QED) is 0.653. The molecule has 28 heavy (non-hydrogen) atoms. The van der Waals surface area contributed by atoms with Gasteiger partial charge in [0.1, 0.15) is 23.3 Å². The van der Waals surface area contributed by atoms with E-state index < -0.39 is 0 Å². The average Bonchev–Trinajstić information content (AvgIpc) is 2.73. The Bertz CT molecular complexity index is 1100. The number of nitrogens with two attached hydrogens (primary N) is 1. The van der Waals surface area contributed by atoms with Gasteiger partial charge in [-0.3, -0.25) is 10.5 Å². The van der Waals surface area contributed by atoms with Crippen molar-refractivity contribution in [2.24, 2.45) is 0 Å². The zero-order chi connectivity index (χ0) is 19.9. The molecule has 0 atom stereocenters. The Labute approximate surface area is 166 Å². The topological polar surface area (TPSA) is 117 Å². The van der Waals surface area contributed by atoms with Gasteiger partial charge in [-0.2, -0.15) is 10.5 Å². The van der Waals surface area contributed by atoms with Gasteiger partial charge in [0.15, 0.2) is 5.03 Å². The second kappa shape index (κ2) is 8.72. The second-order valence-corrected chi connectivity index (χ2v) is 6.80. The van der Waals surface area contributed by atoms with Gasteiger partial charge in [-0.1, -0.05) is 60.3 Å². The van der Waals surface area contributed by atoms with Crippen LogP contribution in [0.15, 0.2) is 65.7 Å². The molecule has 0 bridgehead atoms. The number of nitrogens with one attached hydrogen (secondary N) is 2. The van der Waals surface area contributed by atoms with Crippen LogP contribution in [0.5, 0.6) is 0 Å². The van der Waals surface area contributed by atoms with Crippen LogP contribution < -0.4 is 16.0 Å². The predicted octanol–water partition coefficient (Wildman–Crippen LogP) is 3.22. The van der Waals surface area contributed by atoms with Crippen molar-refractivity contribution in [2.75, 3.05) is 16.8 Å². The SMILES string of the molecule is N#Cc1cc(C#N)c(SCC(=O)Nc2ccccc2-c2ccccc2)[nH+]c1N. The van der Waals surface area contributed by atoms with Crippen LogP contribution in [0.25, 0.3) is 11.1 Å². The third kappa shape index (κ3) is 4.29. The molecule has 3 aromatic rings. The lowest BCUT2D eigenvalue weighted by molar-refractivity contribution is -0.410. The maximum absolute atomic E-state index is 12.5. The Hall–Kier alpha value is -3.81. The standard InChI is InChI=1S/C21H15N5OS/c22-11-15-10-16(12-23)21(26-20(15)24)28-13-19(27)25-18-9-5-4-8-17(18)14-6-2-1-3-7-14/h1-10H,13H2,(H2,24,26)(H,25,27)/p+1. The first-order chi connectivity index (χ1) is 13.6. The molecule has 0 fully saturated rings. The van der Waals surface area contributed by atoms with E-state index in [-0.39, 0.29) is 28.6 Å². The molecule has 6 nitrogen and oxygen atoms in total. The molecule has 0 aliphatic rings. The molecule has 0 saturated heterocycles. The molecule has 1 amide bonds. The van der Waals surface area contributed by atoms with Crippen LogP contribution in [0, 0.1) is 22.7 Å². The number of amides is 1. The Balaban J connectivity index is 1.74. The van der Waals surface area contributed by atoms with E-state index in [2.05, 4.69) is 10.3 Å². The molecule has 7 heteroatoms. The van der Waals surface area contributed by atoms with E-state index in [9.17, 15) is 10.1 Å². The highest BCUT2D eigenvalue weighted by molar-refractivity contribution is 7.99. The second-order valence-electron chi connectivity index (χ2n) is 5.81. The lowest BCUT2D eigenvalue weighted by Crippen LogP contribution is -2.19. The number of hydrogen-bond acceptors (Lipinski definition) is 5. The number of nitriles is 2. The summed E-state index contributed by atoms with van der Waals surface area (Å²) in [6.45, 7) is 0. The largest absolute Gasteiger partial charge is 0.325 e. The van der Waals surface area contributed by atoms with Gasteiger partial charge in [-0.15, -0.1) is 0 Å². The summed E-state index contributed by atoms with van der Waals surface area (Å²) >= 11 is 1.15. The Morgan fingerprint density at radius 2 is 1.71 bits per heavy atom. The minimum Gasteiger partial charge on any atom is -0.325 e. The Morgan fingerprint density at radius 3 is 2.43 bits per heavy atom. The minimum absolute atomic E-state index is 0.0830. The van der Waals surface area contributed by atoms with Crippen LogP contribution in [0.4, 0.5) is 11.5 Å². The molecule has 1 aromatic heterocycles. The lowest BCUT2D eigenvalue weighted by atomic mass is 10.0. The van der Waals surface area contributed by atoms with Gasteiger partial charge in [0, 0.05) is 11.3 Å². The van der Waals surface area contributed by atoms with Crippen molar-refractivity contribution in [3.05, 3.63) is 71.8 Å². The van der Waals surface area contributed by atoms with Gasteiger partial charge in [0.05, 0.1) is 5.75 Å². The number of benzene rings is 2. The molecular formula is C21H16N5OS+. The number of carbonyl (C=O) groups excluding carboxylic acids is 1. The molecule has 4 N–H and O–H groups in total. The summed E-state index contributed by atoms with van der Waals surface area (Å²) in [6.07, 6.45) is 0. The minimum atomic E-state index is -0.214. The number of H-pyrrole nitrogens is 1. The fourth-order valence-electron chi connectivity index (χ4n) is 2.62. The fourth-order valence-corrected chi connectivity index (χ4v) is 3.41. The van der Waals surface area contributed by atoms with Crippen molar-refractivity contribution in [3.63, 3.8) is 0 Å². The van der Waals surface area contributed by atoms with Crippen LogP contribution in [0.2, 0.25) is 0 Å². The maximum Gasteiger partial charge on any atom is 0.289 e. The van der Waals surface area contributed by atoms with E-state index >= 15 is 0 Å². The number of nitrogens with zero attached hydrogens (tertiary/aromatic N) is 2. The number of anilines is 2. The maximum atomic E-state index is 12.5. The van der Waals surface area contributed by atoms with Gasteiger partial charge >= 0.3 is 0 Å². The van der Waals surface area contributed by atoms with Crippen molar-refractivity contribution >= 4 is 29.2 Å². The predicted molar refractivity (Wildman–Crippen MR) is 108 cm³/mol. The van der Waals surface area contributed by atoms with Crippen LogP contribution in [-0.2, 0) is 4.79 Å². The highest BCUT2D eigenvalue weighted by atomic mass is 32.2. The van der Waals surface area contributed by atoms with E-state index in [1.165, 1.54) is 6.07 Å². The van der Waals surface area contributed by atoms with Crippen molar-refractivity contribution in [1.29, 1.82) is 10.5 Å². The molecule has 1 heterocycles. The average molecular weight is 386 g/mol. The van der Waals surface area contributed by atoms with Crippen molar-refractivity contribution in [2.45, 2.75) is 5.03 Å². The number of para-hydroxylation sites is 1. The highest BCUT2D eigenvalue weighted by Crippen LogP contribution is 2.28. The van der Waals surface area contributed by atoms with Gasteiger partial charge in [-0.25, -0.2) is 4.98 Å². The molecule has 3 rings (SSSR count). The summed E-state index contributed by atoms with van der Waals surface area (Å²) in [7, 11) is 0. The molecule has 0 saturated carbocycles. The molecule has 0 aliphatic heterocycles. The Morgan fingerprint density at radius 1 is 1.04 bits per heavy atom. The zero-order valence-electron chi connectivity index (χ0n) is 14.8. The van der Waals surface area contributed by atoms with E-state index in [4.69, 9.17) is 11.0 Å². The van der Waals surface area contributed by atoms with Crippen LogP contribution >= 0.6 is 11.8 Å². The van der Waals surface area contributed by atoms with Crippen molar-refractivity contribution < 1.29 is 9.78 Å². The summed E-state index contributed by atoms with van der Waals surface area (Å²) in [5.74, 6) is 0.0343. The summed E-state index contributed by atoms with van der Waals surface area (Å²) in [4.78, 5) is 15.3. The third-order valence-electron chi connectivity index (χ3n) is 3.95. The van der Waals surface area contributed by atoms with Gasteiger partial charge < -0.3 is 5.32 Å². The summed E-state index contributed by atoms with van der Waals surface area (Å²) in [5.41, 5.74) is 8.88. The number of aromatic amines is 1. The van der Waals surface area contributed by atoms with Crippen LogP contribution in [0.1, 0.15) is 11.1 Å². The molecule has 2 aromatic carbocycles. The number of hydrogen-bond donors (Lipinski definition) is 2. The molecular weight excluding hydrogens is 370 g/mol. The van der Waals surface area contributed by atoms with E-state index in [1.54, 1.807) is 0 Å². The Kier molecular flexibility index (Phi) is 5.91. The lowest BCUT2D eigenvalue weighted by Gasteiger charge is -2.11. The van der Waals surface area contributed by atoms with Crippen LogP contribution in [0.3, 0.4) is 0 Å². The normalized spacial score (nSPS) is 9.93. The summed E-state index contributed by atoms with van der Waals surface area (Å²) in [5, 5.41) is 21.6. The monoisotopic (exact) mass is 386 g/mol. The van der Waals surface area contributed by atoms with Gasteiger partial charge in [0.25, 0.3) is 5.82 Å². The summed E-state index contributed by atoms with van der Waals surface area (Å²) < 4.78 is 0. The smallest absolute Gasteiger partial charge is 0.289 e. The number of thioether (sulfide) groups is 1.